The number of benzene rings is 2. The van der Waals surface area contributed by atoms with Crippen molar-refractivity contribution in [3.8, 4) is 35.8 Å². The van der Waals surface area contributed by atoms with Gasteiger partial charge in [-0.05, 0) is 35.4 Å². The predicted molar refractivity (Wildman–Crippen MR) is 106 cm³/mol. The summed E-state index contributed by atoms with van der Waals surface area (Å²) in [4.78, 5) is 0. The highest BCUT2D eigenvalue weighted by Crippen LogP contribution is 2.52. The van der Waals surface area contributed by atoms with Crippen LogP contribution in [0.15, 0.2) is 48.5 Å². The SMILES string of the molecule is COc1ccc(C(O)N2NC(c3ccc(OC)cc3)C(C#N)(C#N)C2(C#N)C#N)cc1. The van der Waals surface area contributed by atoms with Crippen LogP contribution >= 0.6 is 0 Å². The van der Waals surface area contributed by atoms with Crippen molar-refractivity contribution in [1.82, 2.24) is 10.4 Å². The lowest BCUT2D eigenvalue weighted by Crippen LogP contribution is -2.54. The van der Waals surface area contributed by atoms with Crippen LogP contribution in [0.2, 0.25) is 0 Å². The van der Waals surface area contributed by atoms with Gasteiger partial charge in [0, 0.05) is 0 Å². The molecule has 0 amide bonds. The molecule has 0 spiro atoms. The molecule has 1 aliphatic rings. The molecule has 2 atom stereocenters. The first-order valence-corrected chi connectivity index (χ1v) is 9.13. The van der Waals surface area contributed by atoms with E-state index in [0.29, 0.717) is 22.6 Å². The molecule has 9 nitrogen and oxygen atoms in total. The summed E-state index contributed by atoms with van der Waals surface area (Å²) in [7, 11) is 3.00. The molecule has 3 rings (SSSR count). The summed E-state index contributed by atoms with van der Waals surface area (Å²) >= 11 is 0. The maximum atomic E-state index is 11.0. The smallest absolute Gasteiger partial charge is 0.244 e. The molecule has 1 fully saturated rings. The number of methoxy groups -OCH3 is 2. The minimum atomic E-state index is -2.31. The highest BCUT2D eigenvalue weighted by Gasteiger charge is 2.70. The maximum absolute atomic E-state index is 11.0. The lowest BCUT2D eigenvalue weighted by Gasteiger charge is -2.33. The summed E-state index contributed by atoms with van der Waals surface area (Å²) in [5, 5.41) is 52.0. The fourth-order valence-electron chi connectivity index (χ4n) is 3.66. The van der Waals surface area contributed by atoms with Crippen molar-refractivity contribution in [3.63, 3.8) is 0 Å². The number of aliphatic hydroxyl groups is 1. The zero-order chi connectivity index (χ0) is 22.6. The molecular formula is C22H18N6O3. The Kier molecular flexibility index (Phi) is 5.79. The lowest BCUT2D eigenvalue weighted by molar-refractivity contribution is -0.0526. The zero-order valence-electron chi connectivity index (χ0n) is 16.8. The third kappa shape index (κ3) is 3.11. The molecule has 9 heteroatoms. The van der Waals surface area contributed by atoms with Crippen molar-refractivity contribution in [3.05, 3.63) is 59.7 Å². The van der Waals surface area contributed by atoms with Gasteiger partial charge in [-0.25, -0.2) is 5.43 Å². The monoisotopic (exact) mass is 414 g/mol. The van der Waals surface area contributed by atoms with Crippen molar-refractivity contribution in [2.45, 2.75) is 17.8 Å². The molecule has 2 aromatic rings. The standard InChI is InChI=1S/C22H18N6O3/c1-30-17-7-3-15(4-8-17)19-21(11-23,12-24)22(13-25,14-26)28(27-19)20(29)16-5-9-18(31-2)10-6-16/h3-10,19-20,27,29H,1-2H3. The number of aliphatic hydroxyl groups excluding tert-OH is 1. The van der Waals surface area contributed by atoms with Crippen molar-refractivity contribution in [2.24, 2.45) is 5.41 Å². The van der Waals surface area contributed by atoms with Gasteiger partial charge in [-0.1, -0.05) is 24.3 Å². The van der Waals surface area contributed by atoms with Crippen LogP contribution in [0.3, 0.4) is 0 Å². The van der Waals surface area contributed by atoms with Gasteiger partial charge in [-0.15, -0.1) is 0 Å². The van der Waals surface area contributed by atoms with Gasteiger partial charge < -0.3 is 14.6 Å². The van der Waals surface area contributed by atoms with Crippen molar-refractivity contribution in [2.75, 3.05) is 14.2 Å². The van der Waals surface area contributed by atoms with Gasteiger partial charge >= 0.3 is 0 Å². The summed E-state index contributed by atoms with van der Waals surface area (Å²) in [5.41, 5.74) is -0.755. The molecule has 2 aromatic carbocycles. The van der Waals surface area contributed by atoms with Gasteiger partial charge in [0.05, 0.1) is 32.4 Å². The highest BCUT2D eigenvalue weighted by atomic mass is 16.5. The summed E-state index contributed by atoms with van der Waals surface area (Å²) in [6, 6.07) is 19.2. The van der Waals surface area contributed by atoms with Crippen LogP contribution in [-0.4, -0.2) is 29.9 Å². The second kappa shape index (κ2) is 8.32. The maximum Gasteiger partial charge on any atom is 0.244 e. The van der Waals surface area contributed by atoms with Crippen LogP contribution in [0.25, 0.3) is 0 Å². The van der Waals surface area contributed by atoms with E-state index < -0.39 is 23.2 Å². The largest absolute Gasteiger partial charge is 0.497 e. The van der Waals surface area contributed by atoms with E-state index in [1.54, 1.807) is 48.5 Å². The molecule has 0 bridgehead atoms. The van der Waals surface area contributed by atoms with Crippen LogP contribution in [0.1, 0.15) is 23.4 Å². The molecule has 31 heavy (non-hydrogen) atoms. The number of hydrazine groups is 1. The van der Waals surface area contributed by atoms with Crippen molar-refractivity contribution < 1.29 is 14.6 Å². The van der Waals surface area contributed by atoms with Crippen LogP contribution in [0, 0.1) is 50.7 Å². The van der Waals surface area contributed by atoms with Gasteiger partial charge in [0.25, 0.3) is 0 Å². The third-order valence-electron chi connectivity index (χ3n) is 5.42. The number of nitrogens with one attached hydrogen (secondary N) is 1. The lowest BCUT2D eigenvalue weighted by atomic mass is 9.67. The van der Waals surface area contributed by atoms with E-state index in [1.165, 1.54) is 14.2 Å². The molecule has 1 aliphatic heterocycles. The summed E-state index contributed by atoms with van der Waals surface area (Å²) in [6.45, 7) is 0. The fraction of sp³-hybridized carbons (Fsp3) is 0.273. The molecule has 0 saturated carbocycles. The molecule has 0 aliphatic carbocycles. The molecule has 2 N–H and O–H groups in total. The molecule has 1 saturated heterocycles. The predicted octanol–water partition coefficient (Wildman–Crippen LogP) is 2.08. The Hall–Kier alpha value is -4.12. The number of nitriles is 4. The summed E-state index contributed by atoms with van der Waals surface area (Å²) in [6.07, 6.45) is -1.51. The molecule has 2 unspecified atom stereocenters. The molecular weight excluding hydrogens is 396 g/mol. The van der Waals surface area contributed by atoms with E-state index in [-0.39, 0.29) is 0 Å². The van der Waals surface area contributed by atoms with Crippen molar-refractivity contribution >= 4 is 0 Å². The van der Waals surface area contributed by atoms with Gasteiger partial charge in [0.1, 0.15) is 29.9 Å². The van der Waals surface area contributed by atoms with Gasteiger partial charge in [0.2, 0.25) is 11.0 Å². The number of rotatable bonds is 5. The van der Waals surface area contributed by atoms with Gasteiger partial charge in [-0.3, -0.25) is 0 Å². The topological polar surface area (TPSA) is 149 Å². The first-order chi connectivity index (χ1) is 15.0. The minimum absolute atomic E-state index is 0.336. The Labute approximate surface area is 179 Å². The normalized spacial score (nSPS) is 19.8. The average Bonchev–Trinajstić information content (AvgIpc) is 3.14. The van der Waals surface area contributed by atoms with Crippen molar-refractivity contribution in [1.29, 1.82) is 21.0 Å². The number of nitrogens with zero attached hydrogens (tertiary/aromatic N) is 5. The van der Waals surface area contributed by atoms with Crippen LogP contribution < -0.4 is 14.9 Å². The fourth-order valence-corrected chi connectivity index (χ4v) is 3.66. The second-order valence-corrected chi connectivity index (χ2v) is 6.82. The zero-order valence-corrected chi connectivity index (χ0v) is 16.8. The van der Waals surface area contributed by atoms with Crippen LogP contribution in [-0.2, 0) is 0 Å². The minimum Gasteiger partial charge on any atom is -0.497 e. The van der Waals surface area contributed by atoms with Crippen LogP contribution in [0.5, 0.6) is 11.5 Å². The molecule has 0 radical (unpaired) electrons. The van der Waals surface area contributed by atoms with E-state index >= 15 is 0 Å². The number of ether oxygens (including phenoxy) is 2. The molecule has 1 heterocycles. The first kappa shape index (κ1) is 21.6. The van der Waals surface area contributed by atoms with Crippen LogP contribution in [0.4, 0.5) is 0 Å². The first-order valence-electron chi connectivity index (χ1n) is 9.13. The summed E-state index contributed by atoms with van der Waals surface area (Å²) in [5.74, 6) is 1.11. The Morgan fingerprint density at radius 2 is 1.35 bits per heavy atom. The van der Waals surface area contributed by atoms with Gasteiger partial charge in [0.15, 0.2) is 0 Å². The quantitative estimate of drug-likeness (QED) is 0.749. The summed E-state index contributed by atoms with van der Waals surface area (Å²) < 4.78 is 10.2. The second-order valence-electron chi connectivity index (χ2n) is 6.82. The van der Waals surface area contributed by atoms with Gasteiger partial charge in [-0.2, -0.15) is 26.1 Å². The van der Waals surface area contributed by atoms with E-state index in [4.69, 9.17) is 9.47 Å². The molecule has 0 aromatic heterocycles. The number of hydrogen-bond donors (Lipinski definition) is 2. The van der Waals surface area contributed by atoms with E-state index in [0.717, 1.165) is 5.01 Å². The Balaban J connectivity index is 2.15. The van der Waals surface area contributed by atoms with E-state index in [1.807, 2.05) is 24.3 Å². The number of hydrogen-bond acceptors (Lipinski definition) is 9. The third-order valence-corrected chi connectivity index (χ3v) is 5.42. The Bertz CT molecular complexity index is 1090. The molecule has 154 valence electrons. The van der Waals surface area contributed by atoms with E-state index in [9.17, 15) is 26.2 Å². The average molecular weight is 414 g/mol. The Morgan fingerprint density at radius 3 is 1.77 bits per heavy atom. The Morgan fingerprint density at radius 1 is 0.871 bits per heavy atom. The van der Waals surface area contributed by atoms with E-state index in [2.05, 4.69) is 5.43 Å². The highest BCUT2D eigenvalue weighted by molar-refractivity contribution is 5.49.